The monoisotopic (exact) mass is 215 g/mol. The van der Waals surface area contributed by atoms with Crippen LogP contribution in [0.3, 0.4) is 0 Å². The lowest BCUT2D eigenvalue weighted by Crippen LogP contribution is -2.61. The number of β-lactam (4-membered cyclic amide) rings is 1. The smallest absolute Gasteiger partial charge is 0.303 e. The third kappa shape index (κ3) is 1.61. The Morgan fingerprint density at radius 3 is 3.00 bits per heavy atom. The average molecular weight is 215 g/mol. The summed E-state index contributed by atoms with van der Waals surface area (Å²) >= 11 is 1.69. The Morgan fingerprint density at radius 2 is 2.43 bits per heavy atom. The minimum Gasteiger partial charge on any atom is -0.457 e. The van der Waals surface area contributed by atoms with Crippen molar-refractivity contribution in [1.29, 1.82) is 0 Å². The van der Waals surface area contributed by atoms with Gasteiger partial charge >= 0.3 is 5.97 Å². The van der Waals surface area contributed by atoms with Gasteiger partial charge in [0, 0.05) is 12.7 Å². The van der Waals surface area contributed by atoms with Crippen LogP contribution >= 0.6 is 11.8 Å². The molecular weight excluding hydrogens is 202 g/mol. The first-order valence-corrected chi connectivity index (χ1v) is 5.66. The number of nitrogens with zero attached hydrogens (tertiary/aromatic N) is 1. The van der Waals surface area contributed by atoms with E-state index in [1.807, 2.05) is 6.92 Å². The minimum absolute atomic E-state index is 0.167. The second-order valence-electron chi connectivity index (χ2n) is 4.03. The van der Waals surface area contributed by atoms with E-state index in [-0.39, 0.29) is 11.9 Å². The van der Waals surface area contributed by atoms with Crippen LogP contribution in [-0.4, -0.2) is 40.0 Å². The molecule has 2 atom stereocenters. The van der Waals surface area contributed by atoms with E-state index in [1.165, 1.54) is 6.92 Å². The molecule has 0 aromatic rings. The predicted octanol–water partition coefficient (Wildman–Crippen LogP) is 0.613. The number of thioether (sulfide) groups is 1. The average Bonchev–Trinajstić information content (AvgIpc) is 2.06. The van der Waals surface area contributed by atoms with Crippen molar-refractivity contribution in [3.05, 3.63) is 0 Å². The topological polar surface area (TPSA) is 46.6 Å². The van der Waals surface area contributed by atoms with E-state index < -0.39 is 5.60 Å². The fourth-order valence-corrected chi connectivity index (χ4v) is 3.18. The van der Waals surface area contributed by atoms with Crippen LogP contribution in [0.15, 0.2) is 0 Å². The third-order valence-electron chi connectivity index (χ3n) is 2.49. The van der Waals surface area contributed by atoms with E-state index in [4.69, 9.17) is 4.74 Å². The van der Waals surface area contributed by atoms with E-state index in [0.717, 1.165) is 5.75 Å². The number of ether oxygens (including phenoxy) is 1. The molecule has 78 valence electrons. The highest BCUT2D eigenvalue weighted by atomic mass is 32.2. The highest BCUT2D eigenvalue weighted by Crippen LogP contribution is 2.38. The van der Waals surface area contributed by atoms with E-state index in [1.54, 1.807) is 16.7 Å². The van der Waals surface area contributed by atoms with Crippen molar-refractivity contribution in [3.8, 4) is 0 Å². The van der Waals surface area contributed by atoms with Crippen LogP contribution in [-0.2, 0) is 14.3 Å². The lowest BCUT2D eigenvalue weighted by Gasteiger charge is -2.49. The molecule has 2 heterocycles. The Hall–Kier alpha value is -0.710. The van der Waals surface area contributed by atoms with Gasteiger partial charge in [0.05, 0.1) is 18.3 Å². The second kappa shape index (κ2) is 3.15. The standard InChI is InChI=1S/C9H13NO3S/c1-6(11)13-9(2)4-10-7(12)3-8(10)14-5-9/h8H,3-5H2,1-2H3/t8-,9?/m0/s1. The second-order valence-corrected chi connectivity index (χ2v) is 5.20. The molecule has 4 nitrogen and oxygen atoms in total. The van der Waals surface area contributed by atoms with Gasteiger partial charge in [-0.05, 0) is 6.92 Å². The molecule has 2 fully saturated rings. The highest BCUT2D eigenvalue weighted by molar-refractivity contribution is 8.00. The largest absolute Gasteiger partial charge is 0.457 e. The number of esters is 1. The number of hydrogen-bond acceptors (Lipinski definition) is 4. The first-order valence-electron chi connectivity index (χ1n) is 4.61. The van der Waals surface area contributed by atoms with Crippen LogP contribution in [0.5, 0.6) is 0 Å². The lowest BCUT2D eigenvalue weighted by molar-refractivity contribution is -0.163. The van der Waals surface area contributed by atoms with Crippen LogP contribution in [0.2, 0.25) is 0 Å². The van der Waals surface area contributed by atoms with Crippen molar-refractivity contribution in [2.45, 2.75) is 31.2 Å². The number of fused-ring (bicyclic) bond motifs is 1. The van der Waals surface area contributed by atoms with Crippen molar-refractivity contribution < 1.29 is 14.3 Å². The quantitative estimate of drug-likeness (QED) is 0.475. The molecule has 0 aromatic carbocycles. The summed E-state index contributed by atoms with van der Waals surface area (Å²) in [5.41, 5.74) is -0.497. The van der Waals surface area contributed by atoms with Crippen LogP contribution < -0.4 is 0 Å². The molecule has 2 rings (SSSR count). The molecular formula is C9H13NO3S. The predicted molar refractivity (Wildman–Crippen MR) is 52.7 cm³/mol. The number of rotatable bonds is 1. The summed E-state index contributed by atoms with van der Waals surface area (Å²) in [6.45, 7) is 3.83. The summed E-state index contributed by atoms with van der Waals surface area (Å²) in [4.78, 5) is 23.9. The van der Waals surface area contributed by atoms with Gasteiger partial charge in [-0.2, -0.15) is 0 Å². The Labute approximate surface area is 87.0 Å². The maximum Gasteiger partial charge on any atom is 0.303 e. The van der Waals surface area contributed by atoms with Crippen LogP contribution in [0.4, 0.5) is 0 Å². The van der Waals surface area contributed by atoms with Crippen molar-refractivity contribution in [2.75, 3.05) is 12.3 Å². The first-order chi connectivity index (χ1) is 6.50. The number of amides is 1. The molecule has 0 spiro atoms. The van der Waals surface area contributed by atoms with Crippen LogP contribution in [0, 0.1) is 0 Å². The maximum atomic E-state index is 11.2. The van der Waals surface area contributed by atoms with Crippen molar-refractivity contribution >= 4 is 23.6 Å². The number of carbonyl (C=O) groups excluding carboxylic acids is 2. The Morgan fingerprint density at radius 1 is 1.71 bits per heavy atom. The number of hydrogen-bond donors (Lipinski definition) is 0. The van der Waals surface area contributed by atoms with Gasteiger partial charge in [0.25, 0.3) is 0 Å². The molecule has 2 aliphatic heterocycles. The Kier molecular flexibility index (Phi) is 2.21. The number of carbonyl (C=O) groups is 2. The fraction of sp³-hybridized carbons (Fsp3) is 0.778. The van der Waals surface area contributed by atoms with Gasteiger partial charge in [0.15, 0.2) is 0 Å². The zero-order valence-corrected chi connectivity index (χ0v) is 9.10. The summed E-state index contributed by atoms with van der Waals surface area (Å²) in [5.74, 6) is 0.668. The molecule has 1 unspecified atom stereocenters. The fourth-order valence-electron chi connectivity index (χ4n) is 1.85. The van der Waals surface area contributed by atoms with Crippen LogP contribution in [0.1, 0.15) is 20.3 Å². The zero-order valence-electron chi connectivity index (χ0n) is 8.28. The minimum atomic E-state index is -0.497. The van der Waals surface area contributed by atoms with Gasteiger partial charge < -0.3 is 9.64 Å². The molecule has 2 aliphatic rings. The van der Waals surface area contributed by atoms with Crippen molar-refractivity contribution in [1.82, 2.24) is 4.90 Å². The molecule has 0 N–H and O–H groups in total. The van der Waals surface area contributed by atoms with E-state index in [2.05, 4.69) is 0 Å². The molecule has 0 saturated carbocycles. The van der Waals surface area contributed by atoms with Gasteiger partial charge in [0.1, 0.15) is 5.60 Å². The normalized spacial score (nSPS) is 36.0. The van der Waals surface area contributed by atoms with Gasteiger partial charge in [-0.1, -0.05) is 0 Å². The van der Waals surface area contributed by atoms with Gasteiger partial charge in [0.2, 0.25) is 5.91 Å². The van der Waals surface area contributed by atoms with Crippen molar-refractivity contribution in [2.24, 2.45) is 0 Å². The summed E-state index contributed by atoms with van der Waals surface area (Å²) in [7, 11) is 0. The summed E-state index contributed by atoms with van der Waals surface area (Å²) in [6, 6.07) is 0. The molecule has 1 amide bonds. The molecule has 14 heavy (non-hydrogen) atoms. The molecule has 2 saturated heterocycles. The third-order valence-corrected chi connectivity index (χ3v) is 4.08. The van der Waals surface area contributed by atoms with Crippen LogP contribution in [0.25, 0.3) is 0 Å². The van der Waals surface area contributed by atoms with E-state index in [9.17, 15) is 9.59 Å². The molecule has 0 radical (unpaired) electrons. The van der Waals surface area contributed by atoms with E-state index >= 15 is 0 Å². The maximum absolute atomic E-state index is 11.2. The van der Waals surface area contributed by atoms with E-state index in [0.29, 0.717) is 18.3 Å². The molecule has 0 aromatic heterocycles. The molecule has 0 aliphatic carbocycles. The Bertz CT molecular complexity index is 294. The summed E-state index contributed by atoms with van der Waals surface area (Å²) < 4.78 is 5.23. The molecule has 0 bridgehead atoms. The lowest BCUT2D eigenvalue weighted by atomic mass is 10.0. The zero-order chi connectivity index (χ0) is 10.3. The summed E-state index contributed by atoms with van der Waals surface area (Å²) in [5, 5.41) is 0.325. The van der Waals surface area contributed by atoms with Gasteiger partial charge in [-0.3, -0.25) is 9.59 Å². The van der Waals surface area contributed by atoms with Gasteiger partial charge in [-0.25, -0.2) is 0 Å². The SMILES string of the molecule is CC(=O)OC1(C)CS[C@H]2CC(=O)N2C1. The summed E-state index contributed by atoms with van der Waals surface area (Å²) in [6.07, 6.45) is 0.640. The Balaban J connectivity index is 2.01. The molecule has 5 heteroatoms. The first kappa shape index (κ1) is 9.83. The highest BCUT2D eigenvalue weighted by Gasteiger charge is 2.47. The van der Waals surface area contributed by atoms with Gasteiger partial charge in [-0.15, -0.1) is 11.8 Å². The van der Waals surface area contributed by atoms with Crippen molar-refractivity contribution in [3.63, 3.8) is 0 Å².